The standard InChI is InChI=1S/C22H28BrN5O/c1-13-9-14(5-8-16(13)21(29)26-15-6-7-15)18-11-24-20-17(25-12-22(2,3)4)10-19(23)27-28(18)20/h5,9-11,15-16,25H,6-8,12H2,1-4H3,(H,26,29). The summed E-state index contributed by atoms with van der Waals surface area (Å²) in [7, 11) is 0. The number of hydrogen-bond acceptors (Lipinski definition) is 4. The lowest BCUT2D eigenvalue weighted by atomic mass is 9.88. The van der Waals surface area contributed by atoms with Crippen LogP contribution in [-0.4, -0.2) is 33.1 Å². The minimum absolute atomic E-state index is 0.0813. The van der Waals surface area contributed by atoms with E-state index in [4.69, 9.17) is 0 Å². The highest BCUT2D eigenvalue weighted by Gasteiger charge is 2.29. The molecule has 0 aromatic carbocycles. The number of allylic oxidation sites excluding steroid dienone is 3. The fraction of sp³-hybridized carbons (Fsp3) is 0.500. The van der Waals surface area contributed by atoms with Crippen LogP contribution in [0, 0.1) is 11.3 Å². The smallest absolute Gasteiger partial charge is 0.227 e. The molecule has 2 aromatic heterocycles. The predicted octanol–water partition coefficient (Wildman–Crippen LogP) is 4.58. The first kappa shape index (κ1) is 20.1. The van der Waals surface area contributed by atoms with Gasteiger partial charge in [0.1, 0.15) is 4.60 Å². The van der Waals surface area contributed by atoms with Gasteiger partial charge in [-0.15, -0.1) is 0 Å². The van der Waals surface area contributed by atoms with E-state index in [1.54, 1.807) is 0 Å². The van der Waals surface area contributed by atoms with Crippen LogP contribution < -0.4 is 10.6 Å². The molecule has 1 atom stereocenters. The summed E-state index contributed by atoms with van der Waals surface area (Å²) >= 11 is 3.53. The highest BCUT2D eigenvalue weighted by molar-refractivity contribution is 9.10. The lowest BCUT2D eigenvalue weighted by molar-refractivity contribution is -0.123. The molecule has 154 valence electrons. The normalized spacial score (nSPS) is 19.7. The van der Waals surface area contributed by atoms with Gasteiger partial charge in [-0.3, -0.25) is 4.79 Å². The van der Waals surface area contributed by atoms with Gasteiger partial charge >= 0.3 is 0 Å². The molecule has 29 heavy (non-hydrogen) atoms. The number of imidazole rings is 1. The molecule has 1 saturated carbocycles. The van der Waals surface area contributed by atoms with Gasteiger partial charge in [0, 0.05) is 12.6 Å². The number of fused-ring (bicyclic) bond motifs is 1. The van der Waals surface area contributed by atoms with E-state index in [0.717, 1.165) is 52.2 Å². The summed E-state index contributed by atoms with van der Waals surface area (Å²) in [6, 6.07) is 2.35. The van der Waals surface area contributed by atoms with Gasteiger partial charge in [-0.2, -0.15) is 5.10 Å². The van der Waals surface area contributed by atoms with Crippen molar-refractivity contribution < 1.29 is 4.79 Å². The maximum Gasteiger partial charge on any atom is 0.227 e. The van der Waals surface area contributed by atoms with E-state index in [0.29, 0.717) is 12.5 Å². The van der Waals surface area contributed by atoms with Crippen molar-refractivity contribution in [3.8, 4) is 0 Å². The van der Waals surface area contributed by atoms with Crippen LogP contribution in [-0.2, 0) is 4.79 Å². The highest BCUT2D eigenvalue weighted by Crippen LogP contribution is 2.32. The van der Waals surface area contributed by atoms with E-state index in [9.17, 15) is 4.79 Å². The van der Waals surface area contributed by atoms with Crippen LogP contribution >= 0.6 is 15.9 Å². The second-order valence-electron chi connectivity index (χ2n) is 9.29. The summed E-state index contributed by atoms with van der Waals surface area (Å²) < 4.78 is 2.62. The molecule has 2 aliphatic carbocycles. The zero-order valence-corrected chi connectivity index (χ0v) is 19.0. The van der Waals surface area contributed by atoms with Gasteiger partial charge in [-0.1, -0.05) is 38.5 Å². The maximum absolute atomic E-state index is 12.5. The average Bonchev–Trinajstić information content (AvgIpc) is 3.35. The van der Waals surface area contributed by atoms with Crippen LogP contribution in [0.1, 0.15) is 52.7 Å². The molecular weight excluding hydrogens is 430 g/mol. The van der Waals surface area contributed by atoms with Crippen molar-refractivity contribution in [2.75, 3.05) is 11.9 Å². The minimum atomic E-state index is -0.0813. The third-order valence-corrected chi connectivity index (χ3v) is 5.68. The zero-order valence-electron chi connectivity index (χ0n) is 17.4. The van der Waals surface area contributed by atoms with Crippen LogP contribution in [0.3, 0.4) is 0 Å². The molecule has 0 bridgehead atoms. The first-order valence-electron chi connectivity index (χ1n) is 10.2. The van der Waals surface area contributed by atoms with E-state index in [2.05, 4.69) is 69.6 Å². The van der Waals surface area contributed by atoms with Crippen molar-refractivity contribution in [2.45, 2.75) is 53.0 Å². The molecule has 0 aliphatic heterocycles. The first-order chi connectivity index (χ1) is 13.7. The van der Waals surface area contributed by atoms with E-state index < -0.39 is 0 Å². The predicted molar refractivity (Wildman–Crippen MR) is 120 cm³/mol. The van der Waals surface area contributed by atoms with Gasteiger partial charge in [0.2, 0.25) is 5.91 Å². The number of carbonyl (C=O) groups is 1. The number of aromatic nitrogens is 3. The number of nitrogens with one attached hydrogen (secondary N) is 2. The average molecular weight is 458 g/mol. The second kappa shape index (κ2) is 7.59. The molecule has 1 fully saturated rings. The van der Waals surface area contributed by atoms with Crippen LogP contribution in [0.5, 0.6) is 0 Å². The quantitative estimate of drug-likeness (QED) is 0.688. The van der Waals surface area contributed by atoms with Crippen molar-refractivity contribution in [1.29, 1.82) is 0 Å². The van der Waals surface area contributed by atoms with Crippen LogP contribution in [0.25, 0.3) is 11.2 Å². The molecular formula is C22H28BrN5O. The topological polar surface area (TPSA) is 71.3 Å². The molecule has 1 unspecified atom stereocenters. The molecule has 4 rings (SSSR count). The number of halogens is 1. The fourth-order valence-electron chi connectivity index (χ4n) is 3.48. The maximum atomic E-state index is 12.5. The summed E-state index contributed by atoms with van der Waals surface area (Å²) in [6.45, 7) is 9.45. The minimum Gasteiger partial charge on any atom is -0.381 e. The molecule has 0 saturated heterocycles. The summed E-state index contributed by atoms with van der Waals surface area (Å²) in [5.41, 5.74) is 4.97. The first-order valence-corrected chi connectivity index (χ1v) is 11.0. The number of nitrogens with zero attached hydrogens (tertiary/aromatic N) is 3. The van der Waals surface area contributed by atoms with Crippen molar-refractivity contribution >= 4 is 38.7 Å². The van der Waals surface area contributed by atoms with Crippen molar-refractivity contribution in [2.24, 2.45) is 11.3 Å². The lowest BCUT2D eigenvalue weighted by Crippen LogP contribution is -2.33. The monoisotopic (exact) mass is 457 g/mol. The summed E-state index contributed by atoms with van der Waals surface area (Å²) in [4.78, 5) is 17.1. The number of rotatable bonds is 5. The van der Waals surface area contributed by atoms with E-state index >= 15 is 0 Å². The Labute approximate surface area is 180 Å². The largest absolute Gasteiger partial charge is 0.381 e. The molecule has 2 aliphatic rings. The van der Waals surface area contributed by atoms with Crippen molar-refractivity contribution in [3.63, 3.8) is 0 Å². The van der Waals surface area contributed by atoms with Crippen molar-refractivity contribution in [3.05, 3.63) is 40.3 Å². The van der Waals surface area contributed by atoms with Gasteiger partial charge in [0.05, 0.1) is 23.5 Å². The van der Waals surface area contributed by atoms with E-state index in [-0.39, 0.29) is 17.2 Å². The number of hydrogen-bond donors (Lipinski definition) is 2. The van der Waals surface area contributed by atoms with Gasteiger partial charge in [0.25, 0.3) is 0 Å². The summed E-state index contributed by atoms with van der Waals surface area (Å²) in [5.74, 6) is 0.0615. The molecule has 2 aromatic rings. The molecule has 0 radical (unpaired) electrons. The Morgan fingerprint density at radius 1 is 1.34 bits per heavy atom. The summed E-state index contributed by atoms with van der Waals surface area (Å²) in [5, 5.41) is 11.2. The van der Waals surface area contributed by atoms with E-state index in [1.165, 1.54) is 0 Å². The number of anilines is 1. The Bertz CT molecular complexity index is 1010. The van der Waals surface area contributed by atoms with Gasteiger partial charge in [-0.25, -0.2) is 9.50 Å². The van der Waals surface area contributed by atoms with Crippen molar-refractivity contribution in [1.82, 2.24) is 19.9 Å². The third kappa shape index (κ3) is 4.55. The van der Waals surface area contributed by atoms with Crippen LogP contribution in [0.2, 0.25) is 0 Å². The Balaban J connectivity index is 1.60. The molecule has 1 amide bonds. The van der Waals surface area contributed by atoms with Gasteiger partial charge < -0.3 is 10.6 Å². The molecule has 2 N–H and O–H groups in total. The van der Waals surface area contributed by atoms with E-state index in [1.807, 2.05) is 23.7 Å². The highest BCUT2D eigenvalue weighted by atomic mass is 79.9. The fourth-order valence-corrected chi connectivity index (χ4v) is 3.87. The Morgan fingerprint density at radius 2 is 2.10 bits per heavy atom. The molecule has 2 heterocycles. The Kier molecular flexibility index (Phi) is 5.27. The molecule has 0 spiro atoms. The van der Waals surface area contributed by atoms with Gasteiger partial charge in [-0.05, 0) is 59.2 Å². The number of amides is 1. The Morgan fingerprint density at radius 3 is 2.76 bits per heavy atom. The SMILES string of the molecule is CC1=CC(c2cnc3c(NCC(C)(C)C)cc(Br)nn23)=CCC1C(=O)NC1CC1. The zero-order chi connectivity index (χ0) is 20.8. The third-order valence-electron chi connectivity index (χ3n) is 5.29. The van der Waals surface area contributed by atoms with Crippen LogP contribution in [0.4, 0.5) is 5.69 Å². The molecule has 6 nitrogen and oxygen atoms in total. The molecule has 7 heteroatoms. The number of carbonyl (C=O) groups excluding carboxylic acids is 1. The van der Waals surface area contributed by atoms with Crippen LogP contribution in [0.15, 0.2) is 34.6 Å². The lowest BCUT2D eigenvalue weighted by Gasteiger charge is -2.21. The summed E-state index contributed by atoms with van der Waals surface area (Å²) in [6.07, 6.45) is 8.99. The van der Waals surface area contributed by atoms with Gasteiger partial charge in [0.15, 0.2) is 5.65 Å². The second-order valence-corrected chi connectivity index (χ2v) is 10.1. The Hall–Kier alpha value is -2.15.